The predicted molar refractivity (Wildman–Crippen MR) is 69.9 cm³/mol. The number of anilines is 2. The van der Waals surface area contributed by atoms with Crippen molar-refractivity contribution in [2.45, 2.75) is 6.54 Å². The van der Waals surface area contributed by atoms with E-state index in [9.17, 15) is 4.79 Å². The smallest absolute Gasteiger partial charge is 0.250 e. The lowest BCUT2D eigenvalue weighted by molar-refractivity contribution is 0.100. The molecule has 0 aliphatic rings. The largest absolute Gasteiger partial charge is 0.397 e. The number of carbonyl (C=O) groups is 1. The van der Waals surface area contributed by atoms with E-state index in [1.807, 2.05) is 13.1 Å². The number of carbonyl (C=O) groups excluding carboxylic acids is 1. The molecule has 0 saturated heterocycles. The Kier molecular flexibility index (Phi) is 3.18. The summed E-state index contributed by atoms with van der Waals surface area (Å²) < 4.78 is 1.75. The van der Waals surface area contributed by atoms with Crippen LogP contribution in [-0.4, -0.2) is 15.7 Å². The summed E-state index contributed by atoms with van der Waals surface area (Å²) in [4.78, 5) is 11.3. The number of amides is 1. The molecule has 0 aliphatic heterocycles. The van der Waals surface area contributed by atoms with Gasteiger partial charge in [0, 0.05) is 13.2 Å². The molecule has 0 aliphatic carbocycles. The van der Waals surface area contributed by atoms with Crippen LogP contribution in [0.1, 0.15) is 16.1 Å². The fourth-order valence-corrected chi connectivity index (χ4v) is 1.73. The van der Waals surface area contributed by atoms with Gasteiger partial charge in [0.25, 0.3) is 5.91 Å². The zero-order chi connectivity index (χ0) is 13.1. The van der Waals surface area contributed by atoms with Crippen LogP contribution in [0.2, 0.25) is 0 Å². The summed E-state index contributed by atoms with van der Waals surface area (Å²) in [5, 5.41) is 7.18. The highest BCUT2D eigenvalue weighted by molar-refractivity contribution is 6.01. The molecule has 1 amide bonds. The number of aryl methyl sites for hydroxylation is 1. The molecular weight excluding hydrogens is 230 g/mol. The second-order valence-electron chi connectivity index (χ2n) is 3.93. The van der Waals surface area contributed by atoms with Gasteiger partial charge in [0.15, 0.2) is 0 Å². The van der Waals surface area contributed by atoms with Crippen LogP contribution >= 0.6 is 0 Å². The number of nitrogens with zero attached hydrogens (tertiary/aromatic N) is 2. The normalized spacial score (nSPS) is 10.3. The highest BCUT2D eigenvalue weighted by Gasteiger charge is 2.11. The van der Waals surface area contributed by atoms with E-state index < -0.39 is 5.91 Å². The van der Waals surface area contributed by atoms with Crippen LogP contribution in [0.5, 0.6) is 0 Å². The van der Waals surface area contributed by atoms with Crippen molar-refractivity contribution < 1.29 is 4.79 Å². The highest BCUT2D eigenvalue weighted by Crippen LogP contribution is 2.23. The minimum atomic E-state index is -0.505. The van der Waals surface area contributed by atoms with Crippen LogP contribution < -0.4 is 16.8 Å². The first kappa shape index (κ1) is 12.0. The summed E-state index contributed by atoms with van der Waals surface area (Å²) in [5.74, 6) is -0.505. The van der Waals surface area contributed by atoms with E-state index in [4.69, 9.17) is 11.5 Å². The van der Waals surface area contributed by atoms with Crippen molar-refractivity contribution in [1.29, 1.82) is 0 Å². The molecule has 0 fully saturated rings. The Bertz CT molecular complexity index is 576. The lowest BCUT2D eigenvalue weighted by Gasteiger charge is -2.12. The van der Waals surface area contributed by atoms with Gasteiger partial charge in [-0.2, -0.15) is 5.10 Å². The van der Waals surface area contributed by atoms with Crippen molar-refractivity contribution >= 4 is 17.3 Å². The maximum atomic E-state index is 11.3. The summed E-state index contributed by atoms with van der Waals surface area (Å²) in [7, 11) is 1.85. The minimum absolute atomic E-state index is 0.386. The van der Waals surface area contributed by atoms with Crippen molar-refractivity contribution in [3.05, 3.63) is 41.7 Å². The number of para-hydroxylation sites is 1. The quantitative estimate of drug-likeness (QED) is 0.691. The van der Waals surface area contributed by atoms with Gasteiger partial charge in [-0.05, 0) is 18.2 Å². The molecule has 0 unspecified atom stereocenters. The van der Waals surface area contributed by atoms with E-state index in [2.05, 4.69) is 10.4 Å². The van der Waals surface area contributed by atoms with Crippen LogP contribution in [0.15, 0.2) is 30.5 Å². The van der Waals surface area contributed by atoms with Gasteiger partial charge in [-0.1, -0.05) is 6.07 Å². The molecule has 6 heteroatoms. The zero-order valence-electron chi connectivity index (χ0n) is 10.1. The lowest BCUT2D eigenvalue weighted by Crippen LogP contribution is -2.16. The minimum Gasteiger partial charge on any atom is -0.397 e. The van der Waals surface area contributed by atoms with Crippen LogP contribution in [0.25, 0.3) is 0 Å². The number of nitrogens with one attached hydrogen (secondary N) is 1. The molecule has 5 N–H and O–H groups in total. The number of rotatable bonds is 4. The standard InChI is InChI=1S/C12H15N5O/c1-17-8(5-6-16-17)7-15-11-9(12(14)18)3-2-4-10(11)13/h2-6,15H,7,13H2,1H3,(H2,14,18). The van der Waals surface area contributed by atoms with Crippen molar-refractivity contribution in [3.8, 4) is 0 Å². The first-order chi connectivity index (χ1) is 8.59. The van der Waals surface area contributed by atoms with Gasteiger partial charge in [0.2, 0.25) is 0 Å². The number of hydrogen-bond donors (Lipinski definition) is 3. The van der Waals surface area contributed by atoms with Crippen LogP contribution in [-0.2, 0) is 13.6 Å². The van der Waals surface area contributed by atoms with E-state index in [1.165, 1.54) is 0 Å². The van der Waals surface area contributed by atoms with Gasteiger partial charge in [-0.15, -0.1) is 0 Å². The Hall–Kier alpha value is -2.50. The number of aromatic nitrogens is 2. The molecule has 0 spiro atoms. The average Bonchev–Trinajstić information content (AvgIpc) is 2.73. The maximum Gasteiger partial charge on any atom is 0.250 e. The zero-order valence-corrected chi connectivity index (χ0v) is 10.1. The van der Waals surface area contributed by atoms with E-state index in [1.54, 1.807) is 29.1 Å². The number of benzene rings is 1. The predicted octanol–water partition coefficient (Wildman–Crippen LogP) is 0.713. The summed E-state index contributed by atoms with van der Waals surface area (Å²) in [6.45, 7) is 0.519. The number of nitrogen functional groups attached to an aromatic ring is 1. The second-order valence-corrected chi connectivity index (χ2v) is 3.93. The third kappa shape index (κ3) is 2.27. The van der Waals surface area contributed by atoms with Crippen molar-refractivity contribution in [3.63, 3.8) is 0 Å². The molecule has 0 saturated carbocycles. The molecule has 0 radical (unpaired) electrons. The first-order valence-electron chi connectivity index (χ1n) is 5.48. The van der Waals surface area contributed by atoms with Crippen molar-refractivity contribution in [1.82, 2.24) is 9.78 Å². The summed E-state index contributed by atoms with van der Waals surface area (Å²) in [5.41, 5.74) is 13.6. The van der Waals surface area contributed by atoms with Crippen LogP contribution in [0, 0.1) is 0 Å². The molecule has 2 rings (SSSR count). The monoisotopic (exact) mass is 245 g/mol. The van der Waals surface area contributed by atoms with Crippen LogP contribution in [0.3, 0.4) is 0 Å². The molecule has 0 atom stereocenters. The highest BCUT2D eigenvalue weighted by atomic mass is 16.1. The molecule has 6 nitrogen and oxygen atoms in total. The Morgan fingerprint density at radius 1 is 1.44 bits per heavy atom. The molecule has 94 valence electrons. The molecule has 18 heavy (non-hydrogen) atoms. The maximum absolute atomic E-state index is 11.3. The number of hydrogen-bond acceptors (Lipinski definition) is 4. The number of nitrogens with two attached hydrogens (primary N) is 2. The van der Waals surface area contributed by atoms with Gasteiger partial charge in [-0.25, -0.2) is 0 Å². The van der Waals surface area contributed by atoms with Gasteiger partial charge < -0.3 is 16.8 Å². The van der Waals surface area contributed by atoms with E-state index in [-0.39, 0.29) is 0 Å². The third-order valence-electron chi connectivity index (χ3n) is 2.73. The molecule has 0 bridgehead atoms. The molecule has 1 aromatic heterocycles. The summed E-state index contributed by atoms with van der Waals surface area (Å²) in [6.07, 6.45) is 1.71. The molecule has 2 aromatic rings. The van der Waals surface area contributed by atoms with E-state index >= 15 is 0 Å². The Labute approximate surface area is 105 Å². The van der Waals surface area contributed by atoms with Gasteiger partial charge in [0.1, 0.15) is 0 Å². The summed E-state index contributed by atoms with van der Waals surface area (Å²) in [6, 6.07) is 6.95. The Morgan fingerprint density at radius 2 is 2.22 bits per heavy atom. The van der Waals surface area contributed by atoms with Gasteiger partial charge >= 0.3 is 0 Å². The van der Waals surface area contributed by atoms with Crippen molar-refractivity contribution in [2.75, 3.05) is 11.1 Å². The molecule has 1 heterocycles. The van der Waals surface area contributed by atoms with Gasteiger partial charge in [0.05, 0.1) is 29.2 Å². The molecular formula is C12H15N5O. The Balaban J connectivity index is 2.24. The molecule has 1 aromatic carbocycles. The summed E-state index contributed by atoms with van der Waals surface area (Å²) >= 11 is 0. The van der Waals surface area contributed by atoms with Crippen LogP contribution in [0.4, 0.5) is 11.4 Å². The van der Waals surface area contributed by atoms with Crippen molar-refractivity contribution in [2.24, 2.45) is 12.8 Å². The second kappa shape index (κ2) is 4.79. The van der Waals surface area contributed by atoms with E-state index in [0.717, 1.165) is 5.69 Å². The fourth-order valence-electron chi connectivity index (χ4n) is 1.73. The first-order valence-corrected chi connectivity index (χ1v) is 5.48. The topological polar surface area (TPSA) is 99.0 Å². The Morgan fingerprint density at radius 3 is 2.83 bits per heavy atom. The van der Waals surface area contributed by atoms with Gasteiger partial charge in [-0.3, -0.25) is 9.48 Å². The third-order valence-corrected chi connectivity index (χ3v) is 2.73. The fraction of sp³-hybridized carbons (Fsp3) is 0.167. The average molecular weight is 245 g/mol. The SMILES string of the molecule is Cn1nccc1CNc1c(N)cccc1C(N)=O. The van der Waals surface area contributed by atoms with E-state index in [0.29, 0.717) is 23.5 Å². The number of primary amides is 1. The lowest BCUT2D eigenvalue weighted by atomic mass is 10.1.